The van der Waals surface area contributed by atoms with Crippen molar-refractivity contribution in [2.45, 2.75) is 6.42 Å². The molecule has 0 bridgehead atoms. The largest absolute Gasteiger partial charge is 0.491 e. The number of aromatic nitrogens is 2. The molecule has 0 radical (unpaired) electrons. The zero-order chi connectivity index (χ0) is 22.7. The van der Waals surface area contributed by atoms with Gasteiger partial charge in [0.05, 0.1) is 24.2 Å². The summed E-state index contributed by atoms with van der Waals surface area (Å²) in [6.45, 7) is 0.783. The lowest BCUT2D eigenvalue weighted by Gasteiger charge is -2.18. The molecule has 4 N–H and O–H groups in total. The molecule has 10 nitrogen and oxygen atoms in total. The Hall–Kier alpha value is -3.57. The molecule has 2 amide bonds. The molecule has 2 aromatic heterocycles. The van der Waals surface area contributed by atoms with Gasteiger partial charge in [-0.05, 0) is 30.0 Å². The maximum Gasteiger partial charge on any atom is 0.411 e. The number of hydrogen-bond donors (Lipinski definition) is 4. The summed E-state index contributed by atoms with van der Waals surface area (Å²) in [6, 6.07) is 6.85. The Morgan fingerprint density at radius 2 is 2.12 bits per heavy atom. The van der Waals surface area contributed by atoms with Crippen LogP contribution in [0.2, 0.25) is 5.02 Å². The van der Waals surface area contributed by atoms with Gasteiger partial charge in [-0.15, -0.1) is 11.3 Å². The number of nitrogens with one attached hydrogen (secondary N) is 3. The molecule has 166 valence electrons. The molecule has 4 rings (SSSR count). The number of fused-ring (bicyclic) bond motifs is 1. The highest BCUT2D eigenvalue weighted by Gasteiger charge is 2.22. The van der Waals surface area contributed by atoms with E-state index < -0.39 is 6.09 Å². The van der Waals surface area contributed by atoms with Crippen molar-refractivity contribution < 1.29 is 19.4 Å². The topological polar surface area (TPSA) is 129 Å². The molecule has 0 saturated carbocycles. The average Bonchev–Trinajstić information content (AvgIpc) is 3.13. The summed E-state index contributed by atoms with van der Waals surface area (Å²) in [5, 5.41) is 20.2. The second-order valence-corrected chi connectivity index (χ2v) is 8.02. The third kappa shape index (κ3) is 4.53. The number of rotatable bonds is 5. The Labute approximate surface area is 192 Å². The van der Waals surface area contributed by atoms with Gasteiger partial charge in [-0.1, -0.05) is 11.6 Å². The summed E-state index contributed by atoms with van der Waals surface area (Å²) in [6.07, 6.45) is 1.01. The van der Waals surface area contributed by atoms with E-state index in [0.717, 1.165) is 0 Å². The summed E-state index contributed by atoms with van der Waals surface area (Å²) < 4.78 is 5.71. The number of amides is 2. The first-order valence-corrected chi connectivity index (χ1v) is 10.9. The second kappa shape index (κ2) is 9.28. The van der Waals surface area contributed by atoms with Crippen LogP contribution in [0.5, 0.6) is 5.75 Å². The predicted octanol–water partition coefficient (Wildman–Crippen LogP) is 4.31. The number of thiophene rings is 1. The fourth-order valence-electron chi connectivity index (χ4n) is 3.12. The Morgan fingerprint density at radius 3 is 2.91 bits per heavy atom. The fraction of sp³-hybridized carbons (Fsp3) is 0.200. The molecule has 1 aromatic carbocycles. The predicted molar refractivity (Wildman–Crippen MR) is 123 cm³/mol. The van der Waals surface area contributed by atoms with Gasteiger partial charge in [0, 0.05) is 25.3 Å². The van der Waals surface area contributed by atoms with Gasteiger partial charge >= 0.3 is 6.09 Å². The van der Waals surface area contributed by atoms with Gasteiger partial charge in [-0.2, -0.15) is 4.98 Å². The van der Waals surface area contributed by atoms with Crippen LogP contribution >= 0.6 is 22.9 Å². The molecule has 32 heavy (non-hydrogen) atoms. The normalized spacial score (nSPS) is 12.9. The number of anilines is 5. The van der Waals surface area contributed by atoms with Crippen LogP contribution in [0, 0.1) is 0 Å². The van der Waals surface area contributed by atoms with Crippen molar-refractivity contribution in [3.05, 3.63) is 45.7 Å². The minimum Gasteiger partial charge on any atom is -0.491 e. The number of ether oxygens (including phenoxy) is 1. The molecule has 12 heteroatoms. The van der Waals surface area contributed by atoms with Crippen LogP contribution in [0.15, 0.2) is 35.8 Å². The third-order valence-electron chi connectivity index (χ3n) is 4.62. The van der Waals surface area contributed by atoms with E-state index in [1.807, 2.05) is 0 Å². The molecular weight excluding hydrogens is 456 g/mol. The molecule has 0 aliphatic carbocycles. The van der Waals surface area contributed by atoms with E-state index in [2.05, 4.69) is 25.9 Å². The summed E-state index contributed by atoms with van der Waals surface area (Å²) in [5.74, 6) is 0.829. The molecule has 3 aromatic rings. The highest BCUT2D eigenvalue weighted by atomic mass is 35.5. The number of carbonyl (C=O) groups excluding carboxylic acids is 1. The van der Waals surface area contributed by atoms with Crippen molar-refractivity contribution >= 4 is 63.8 Å². The maximum absolute atomic E-state index is 12.0. The van der Waals surface area contributed by atoms with E-state index in [1.165, 1.54) is 22.4 Å². The minimum atomic E-state index is -1.03. The van der Waals surface area contributed by atoms with E-state index in [0.29, 0.717) is 53.1 Å². The number of nitrogens with zero attached hydrogens (tertiary/aromatic N) is 3. The second-order valence-electron chi connectivity index (χ2n) is 6.70. The van der Waals surface area contributed by atoms with Gasteiger partial charge in [-0.25, -0.2) is 9.78 Å². The van der Waals surface area contributed by atoms with Crippen molar-refractivity contribution in [2.75, 3.05) is 35.7 Å². The van der Waals surface area contributed by atoms with E-state index in [9.17, 15) is 14.7 Å². The Kier molecular flexibility index (Phi) is 6.28. The van der Waals surface area contributed by atoms with Crippen molar-refractivity contribution in [3.63, 3.8) is 0 Å². The van der Waals surface area contributed by atoms with Crippen molar-refractivity contribution in [3.8, 4) is 5.75 Å². The lowest BCUT2D eigenvalue weighted by molar-refractivity contribution is 0.0968. The zero-order valence-corrected chi connectivity index (χ0v) is 18.5. The first-order valence-electron chi connectivity index (χ1n) is 9.59. The number of benzene rings is 1. The quantitative estimate of drug-likeness (QED) is 0.430. The minimum absolute atomic E-state index is 0.216. The number of halogens is 1. The van der Waals surface area contributed by atoms with Crippen molar-refractivity contribution in [2.24, 2.45) is 0 Å². The molecular formula is C20H19ClN6O4S. The van der Waals surface area contributed by atoms with Gasteiger partial charge < -0.3 is 25.8 Å². The molecule has 0 atom stereocenters. The van der Waals surface area contributed by atoms with Crippen LogP contribution in [-0.2, 0) is 0 Å². The highest BCUT2D eigenvalue weighted by Crippen LogP contribution is 2.35. The molecule has 1 aliphatic heterocycles. The van der Waals surface area contributed by atoms with Crippen LogP contribution in [0.3, 0.4) is 0 Å². The van der Waals surface area contributed by atoms with E-state index in [1.54, 1.807) is 36.7 Å². The van der Waals surface area contributed by atoms with Gasteiger partial charge in [0.25, 0.3) is 5.91 Å². The standard InChI is InChI=1S/C20H19ClN6O4S/c1-22-18(28)16-13(5-8-32-16)25-17-12(21)10-23-19(26-17)24-11-3-4-14-15(9-11)31-7-2-6-27(14)20(29)30/h3-5,8-10H,2,6-7H2,1H3,(H,22,28)(H,29,30)(H2,23,24,25,26). The highest BCUT2D eigenvalue weighted by molar-refractivity contribution is 7.12. The molecule has 1 aliphatic rings. The monoisotopic (exact) mass is 474 g/mol. The Balaban J connectivity index is 1.57. The Morgan fingerprint density at radius 1 is 1.28 bits per heavy atom. The van der Waals surface area contributed by atoms with Crippen LogP contribution in [-0.4, -0.2) is 47.3 Å². The maximum atomic E-state index is 12.0. The number of hydrogen-bond acceptors (Lipinski definition) is 8. The smallest absolute Gasteiger partial charge is 0.411 e. The lowest BCUT2D eigenvalue weighted by atomic mass is 10.2. The van der Waals surface area contributed by atoms with Crippen LogP contribution in [0.25, 0.3) is 0 Å². The van der Waals surface area contributed by atoms with E-state index >= 15 is 0 Å². The van der Waals surface area contributed by atoms with Gasteiger partial charge in [0.15, 0.2) is 5.82 Å². The van der Waals surface area contributed by atoms with Crippen LogP contribution in [0.1, 0.15) is 16.1 Å². The van der Waals surface area contributed by atoms with Crippen LogP contribution < -0.4 is 25.6 Å². The summed E-state index contributed by atoms with van der Waals surface area (Å²) in [5.41, 5.74) is 1.68. The van der Waals surface area contributed by atoms with Gasteiger partial charge in [0.2, 0.25) is 5.95 Å². The first-order chi connectivity index (χ1) is 15.5. The summed E-state index contributed by atoms with van der Waals surface area (Å²) >= 11 is 7.54. The molecule has 3 heterocycles. The van der Waals surface area contributed by atoms with Crippen molar-refractivity contribution in [1.29, 1.82) is 0 Å². The molecule has 0 unspecified atom stereocenters. The van der Waals surface area contributed by atoms with Gasteiger partial charge in [0.1, 0.15) is 15.6 Å². The average molecular weight is 475 g/mol. The number of carboxylic acid groups (broad SMARTS) is 1. The summed E-state index contributed by atoms with van der Waals surface area (Å²) in [7, 11) is 1.56. The first kappa shape index (κ1) is 21.7. The van der Waals surface area contributed by atoms with E-state index in [4.69, 9.17) is 16.3 Å². The number of carbonyl (C=O) groups is 2. The fourth-order valence-corrected chi connectivity index (χ4v) is 4.06. The summed E-state index contributed by atoms with van der Waals surface area (Å²) in [4.78, 5) is 33.9. The lowest BCUT2D eigenvalue weighted by Crippen LogP contribution is -2.29. The van der Waals surface area contributed by atoms with Crippen LogP contribution in [0.4, 0.5) is 33.6 Å². The Bertz CT molecular complexity index is 1170. The van der Waals surface area contributed by atoms with Crippen molar-refractivity contribution in [1.82, 2.24) is 15.3 Å². The zero-order valence-electron chi connectivity index (χ0n) is 16.9. The van der Waals surface area contributed by atoms with Gasteiger partial charge in [-0.3, -0.25) is 9.69 Å². The van der Waals surface area contributed by atoms with E-state index in [-0.39, 0.29) is 16.9 Å². The SMILES string of the molecule is CNC(=O)c1sccc1Nc1nc(Nc2ccc3c(c2)OCCCN3C(=O)O)ncc1Cl. The molecule has 0 spiro atoms. The third-order valence-corrected chi connectivity index (χ3v) is 5.81. The molecule has 0 saturated heterocycles. The molecule has 0 fully saturated rings.